The number of aromatic amines is 1. The lowest BCUT2D eigenvalue weighted by Gasteiger charge is -2.08. The molecule has 0 bridgehead atoms. The Bertz CT molecular complexity index is 875. The minimum Gasteiger partial charge on any atom is -0.306 e. The molecule has 3 rings (SSSR count). The maximum Gasteiger partial charge on any atom is 0.416 e. The first kappa shape index (κ1) is 14.4. The molecule has 0 aliphatic rings. The highest BCUT2D eigenvalue weighted by molar-refractivity contribution is 5.75. The lowest BCUT2D eigenvalue weighted by atomic mass is 10.1. The molecule has 0 saturated carbocycles. The zero-order chi connectivity index (χ0) is 15.9. The molecule has 0 radical (unpaired) electrons. The molecule has 0 atom stereocenters. The second-order valence-corrected chi connectivity index (χ2v) is 4.87. The van der Waals surface area contributed by atoms with Crippen molar-refractivity contribution in [1.29, 1.82) is 0 Å². The third-order valence-corrected chi connectivity index (χ3v) is 3.36. The van der Waals surface area contributed by atoms with Gasteiger partial charge in [0, 0.05) is 0 Å². The van der Waals surface area contributed by atoms with Crippen molar-refractivity contribution >= 4 is 11.0 Å². The van der Waals surface area contributed by atoms with Gasteiger partial charge in [-0.05, 0) is 35.9 Å². The van der Waals surface area contributed by atoms with Crippen LogP contribution in [0, 0.1) is 5.82 Å². The number of alkyl halides is 3. The summed E-state index contributed by atoms with van der Waals surface area (Å²) in [7, 11) is 0. The van der Waals surface area contributed by atoms with Gasteiger partial charge in [-0.2, -0.15) is 13.2 Å². The van der Waals surface area contributed by atoms with E-state index in [0.717, 1.165) is 12.1 Å². The number of benzene rings is 2. The summed E-state index contributed by atoms with van der Waals surface area (Å²) in [6, 6.07) is 8.37. The topological polar surface area (TPSA) is 37.8 Å². The van der Waals surface area contributed by atoms with Crippen LogP contribution in [-0.4, -0.2) is 9.55 Å². The van der Waals surface area contributed by atoms with Gasteiger partial charge in [0.25, 0.3) is 0 Å². The number of imidazole rings is 1. The molecular formula is C15H10F4N2O. The Morgan fingerprint density at radius 2 is 1.73 bits per heavy atom. The van der Waals surface area contributed by atoms with Gasteiger partial charge in [0.2, 0.25) is 0 Å². The van der Waals surface area contributed by atoms with Crippen molar-refractivity contribution in [3.8, 4) is 0 Å². The van der Waals surface area contributed by atoms with E-state index in [-0.39, 0.29) is 6.54 Å². The molecule has 22 heavy (non-hydrogen) atoms. The van der Waals surface area contributed by atoms with Gasteiger partial charge in [-0.1, -0.05) is 12.1 Å². The molecule has 7 heteroatoms. The summed E-state index contributed by atoms with van der Waals surface area (Å²) < 4.78 is 52.1. The van der Waals surface area contributed by atoms with Gasteiger partial charge in [0.15, 0.2) is 0 Å². The molecule has 0 amide bonds. The van der Waals surface area contributed by atoms with Crippen LogP contribution in [0.1, 0.15) is 11.1 Å². The quantitative estimate of drug-likeness (QED) is 0.722. The predicted octanol–water partition coefficient (Wildman–Crippen LogP) is 3.54. The van der Waals surface area contributed by atoms with Crippen molar-refractivity contribution in [2.45, 2.75) is 12.7 Å². The van der Waals surface area contributed by atoms with E-state index in [1.54, 1.807) is 0 Å². The number of rotatable bonds is 2. The third-order valence-electron chi connectivity index (χ3n) is 3.36. The molecule has 1 N–H and O–H groups in total. The average molecular weight is 310 g/mol. The number of nitrogens with zero attached hydrogens (tertiary/aromatic N) is 1. The summed E-state index contributed by atoms with van der Waals surface area (Å²) in [6.45, 7) is 0.0560. The fraction of sp³-hybridized carbons (Fsp3) is 0.133. The van der Waals surface area contributed by atoms with Crippen molar-refractivity contribution in [1.82, 2.24) is 9.55 Å². The number of fused-ring (bicyclic) bond motifs is 1. The van der Waals surface area contributed by atoms with Gasteiger partial charge in [0.1, 0.15) is 5.82 Å². The van der Waals surface area contributed by atoms with Gasteiger partial charge in [-0.3, -0.25) is 4.57 Å². The summed E-state index contributed by atoms with van der Waals surface area (Å²) in [5, 5.41) is 0. The Balaban J connectivity index is 1.98. The van der Waals surface area contributed by atoms with E-state index >= 15 is 0 Å². The highest BCUT2D eigenvalue weighted by atomic mass is 19.4. The number of nitrogens with one attached hydrogen (secondary N) is 1. The SMILES string of the molecule is O=c1[nH]c2ccc(F)cc2n1Cc1ccc(C(F)(F)F)cc1. The predicted molar refractivity (Wildman–Crippen MR) is 73.1 cm³/mol. The molecule has 0 spiro atoms. The first-order valence-electron chi connectivity index (χ1n) is 6.39. The summed E-state index contributed by atoms with van der Waals surface area (Å²) in [5.41, 5.74) is 0.150. The lowest BCUT2D eigenvalue weighted by Crippen LogP contribution is -2.17. The molecule has 0 aliphatic heterocycles. The van der Waals surface area contributed by atoms with E-state index in [1.807, 2.05) is 0 Å². The van der Waals surface area contributed by atoms with Crippen LogP contribution in [0.3, 0.4) is 0 Å². The number of halogens is 4. The molecule has 0 saturated heterocycles. The minimum absolute atomic E-state index is 0.0560. The average Bonchev–Trinajstić information content (AvgIpc) is 2.75. The zero-order valence-electron chi connectivity index (χ0n) is 11.1. The van der Waals surface area contributed by atoms with Crippen molar-refractivity contribution in [2.75, 3.05) is 0 Å². The second-order valence-electron chi connectivity index (χ2n) is 4.87. The molecule has 2 aromatic carbocycles. The van der Waals surface area contributed by atoms with Crippen LogP contribution in [0.2, 0.25) is 0 Å². The van der Waals surface area contributed by atoms with Crippen LogP contribution >= 0.6 is 0 Å². The Hall–Kier alpha value is -2.57. The van der Waals surface area contributed by atoms with Crippen LogP contribution in [0.25, 0.3) is 11.0 Å². The molecule has 0 fully saturated rings. The van der Waals surface area contributed by atoms with E-state index < -0.39 is 23.2 Å². The van der Waals surface area contributed by atoms with E-state index in [9.17, 15) is 22.4 Å². The van der Waals surface area contributed by atoms with Crippen LogP contribution < -0.4 is 5.69 Å². The molecule has 3 nitrogen and oxygen atoms in total. The highest BCUT2D eigenvalue weighted by Crippen LogP contribution is 2.29. The normalized spacial score (nSPS) is 12.0. The number of hydrogen-bond acceptors (Lipinski definition) is 1. The molecule has 0 unspecified atom stereocenters. The monoisotopic (exact) mass is 310 g/mol. The van der Waals surface area contributed by atoms with Crippen molar-refractivity contribution < 1.29 is 17.6 Å². The molecule has 114 valence electrons. The minimum atomic E-state index is -4.40. The van der Waals surface area contributed by atoms with E-state index in [0.29, 0.717) is 16.6 Å². The molecular weight excluding hydrogens is 300 g/mol. The largest absolute Gasteiger partial charge is 0.416 e. The second kappa shape index (κ2) is 5.01. The standard InChI is InChI=1S/C15H10F4N2O/c16-11-5-6-12-13(7-11)21(14(22)20-12)8-9-1-3-10(4-2-9)15(17,18)19/h1-7H,8H2,(H,20,22). The number of hydrogen-bond donors (Lipinski definition) is 1. The fourth-order valence-electron chi connectivity index (χ4n) is 2.26. The smallest absolute Gasteiger partial charge is 0.306 e. The Morgan fingerprint density at radius 1 is 1.05 bits per heavy atom. The maximum atomic E-state index is 13.3. The van der Waals surface area contributed by atoms with Crippen molar-refractivity contribution in [2.24, 2.45) is 0 Å². The van der Waals surface area contributed by atoms with E-state index in [1.165, 1.54) is 34.9 Å². The van der Waals surface area contributed by atoms with Gasteiger partial charge in [-0.25, -0.2) is 9.18 Å². The summed E-state index contributed by atoms with van der Waals surface area (Å²) in [6.07, 6.45) is -4.40. The summed E-state index contributed by atoms with van der Waals surface area (Å²) >= 11 is 0. The first-order chi connectivity index (χ1) is 10.3. The van der Waals surface area contributed by atoms with Gasteiger partial charge in [-0.15, -0.1) is 0 Å². The summed E-state index contributed by atoms with van der Waals surface area (Å²) in [4.78, 5) is 14.5. The fourth-order valence-corrected chi connectivity index (χ4v) is 2.26. The van der Waals surface area contributed by atoms with Crippen LogP contribution in [0.15, 0.2) is 47.3 Å². The maximum absolute atomic E-state index is 13.3. The van der Waals surface area contributed by atoms with Crippen LogP contribution in [-0.2, 0) is 12.7 Å². The number of H-pyrrole nitrogens is 1. The highest BCUT2D eigenvalue weighted by Gasteiger charge is 2.29. The van der Waals surface area contributed by atoms with Gasteiger partial charge >= 0.3 is 11.9 Å². The lowest BCUT2D eigenvalue weighted by molar-refractivity contribution is -0.137. The zero-order valence-corrected chi connectivity index (χ0v) is 11.1. The Kier molecular flexibility index (Phi) is 3.27. The van der Waals surface area contributed by atoms with E-state index in [2.05, 4.69) is 4.98 Å². The van der Waals surface area contributed by atoms with Crippen LogP contribution in [0.4, 0.5) is 17.6 Å². The first-order valence-corrected chi connectivity index (χ1v) is 6.39. The molecule has 3 aromatic rings. The van der Waals surface area contributed by atoms with E-state index in [4.69, 9.17) is 0 Å². The molecule has 1 heterocycles. The van der Waals surface area contributed by atoms with Crippen molar-refractivity contribution in [3.63, 3.8) is 0 Å². The van der Waals surface area contributed by atoms with Crippen LogP contribution in [0.5, 0.6) is 0 Å². The molecule has 1 aromatic heterocycles. The van der Waals surface area contributed by atoms with Crippen molar-refractivity contribution in [3.05, 3.63) is 69.9 Å². The number of aromatic nitrogens is 2. The third kappa shape index (κ3) is 2.61. The molecule has 0 aliphatic carbocycles. The van der Waals surface area contributed by atoms with Gasteiger partial charge < -0.3 is 4.98 Å². The Morgan fingerprint density at radius 3 is 2.36 bits per heavy atom. The van der Waals surface area contributed by atoms with Gasteiger partial charge in [0.05, 0.1) is 23.1 Å². The Labute approximate surface area is 121 Å². The summed E-state index contributed by atoms with van der Waals surface area (Å²) in [5.74, 6) is -0.493.